The van der Waals surface area contributed by atoms with E-state index in [-0.39, 0.29) is 18.6 Å². The molecule has 2 aromatic carbocycles. The Morgan fingerprint density at radius 2 is 2.09 bits per heavy atom. The molecule has 0 aliphatic carbocycles. The van der Waals surface area contributed by atoms with Crippen molar-refractivity contribution in [2.24, 2.45) is 0 Å². The van der Waals surface area contributed by atoms with E-state index in [9.17, 15) is 9.59 Å². The third kappa shape index (κ3) is 5.20. The Labute approximate surface area is 191 Å². The Bertz CT molecular complexity index is 1260. The molecule has 170 valence electrons. The number of imidazole rings is 1. The van der Waals surface area contributed by atoms with E-state index in [1.165, 1.54) is 4.90 Å². The molecule has 0 unspecified atom stereocenters. The monoisotopic (exact) mass is 446 g/mol. The predicted octanol–water partition coefficient (Wildman–Crippen LogP) is 2.91. The lowest BCUT2D eigenvalue weighted by Gasteiger charge is -2.19. The van der Waals surface area contributed by atoms with E-state index in [0.29, 0.717) is 23.5 Å². The first-order chi connectivity index (χ1) is 15.9. The highest BCUT2D eigenvalue weighted by atomic mass is 16.5. The Kier molecular flexibility index (Phi) is 6.39. The van der Waals surface area contributed by atoms with Gasteiger partial charge in [-0.05, 0) is 25.5 Å². The Hall–Kier alpha value is -4.14. The minimum atomic E-state index is -0.277. The largest absolute Gasteiger partial charge is 0.489 e. The predicted molar refractivity (Wildman–Crippen MR) is 125 cm³/mol. The summed E-state index contributed by atoms with van der Waals surface area (Å²) in [5.74, 6) is 1.06. The van der Waals surface area contributed by atoms with Crippen LogP contribution in [0, 0.1) is 6.92 Å². The molecule has 2 amide bonds. The van der Waals surface area contributed by atoms with Gasteiger partial charge in [0.25, 0.3) is 5.91 Å². The van der Waals surface area contributed by atoms with Crippen molar-refractivity contribution >= 4 is 29.0 Å². The molecule has 4 rings (SSSR count). The maximum Gasteiger partial charge on any atom is 0.254 e. The van der Waals surface area contributed by atoms with Gasteiger partial charge in [0.05, 0.1) is 41.1 Å². The summed E-state index contributed by atoms with van der Waals surface area (Å²) in [5.41, 5.74) is 3.76. The smallest absolute Gasteiger partial charge is 0.254 e. The molecule has 0 aliphatic heterocycles. The number of fused-ring (bicyclic) bond motifs is 1. The zero-order valence-corrected chi connectivity index (χ0v) is 18.8. The molecule has 1 atom stereocenters. The fourth-order valence-corrected chi connectivity index (χ4v) is 3.50. The molecule has 0 saturated heterocycles. The maximum absolute atomic E-state index is 12.6. The molecule has 2 aromatic heterocycles. The molecule has 0 bridgehead atoms. The first-order valence-electron chi connectivity index (χ1n) is 10.6. The number of carbonyl (C=O) groups is 2. The molecule has 0 aliphatic rings. The molecule has 2 N–H and O–H groups in total. The van der Waals surface area contributed by atoms with Gasteiger partial charge in [0, 0.05) is 19.3 Å². The molecular formula is C24H26N6O3. The van der Waals surface area contributed by atoms with Gasteiger partial charge in [-0.2, -0.15) is 5.10 Å². The highest BCUT2D eigenvalue weighted by Gasteiger charge is 2.16. The first kappa shape index (κ1) is 22.1. The fourth-order valence-electron chi connectivity index (χ4n) is 3.50. The molecule has 0 saturated carbocycles. The third-order valence-corrected chi connectivity index (χ3v) is 5.17. The summed E-state index contributed by atoms with van der Waals surface area (Å²) in [5, 5.41) is 7.21. The number of carbonyl (C=O) groups excluding carboxylic acids is 2. The summed E-state index contributed by atoms with van der Waals surface area (Å²) in [6.07, 6.45) is 3.99. The molecule has 4 aromatic rings. The SMILES string of the molecule is Cc1nc2cc(OC[C@@H](C)NC(=O)c3cnn(Cc4ccccc4)c3)c(N(C)C=O)cc2[nH]1. The van der Waals surface area contributed by atoms with Crippen LogP contribution in [0.25, 0.3) is 11.0 Å². The number of aromatic amines is 1. The average Bonchev–Trinajstić information content (AvgIpc) is 3.42. The van der Waals surface area contributed by atoms with Crippen molar-refractivity contribution < 1.29 is 14.3 Å². The van der Waals surface area contributed by atoms with E-state index in [1.54, 1.807) is 30.2 Å². The van der Waals surface area contributed by atoms with Crippen LogP contribution >= 0.6 is 0 Å². The van der Waals surface area contributed by atoms with E-state index in [2.05, 4.69) is 20.4 Å². The summed E-state index contributed by atoms with van der Waals surface area (Å²) in [6, 6.07) is 13.3. The maximum atomic E-state index is 12.6. The number of H-pyrrole nitrogens is 1. The van der Waals surface area contributed by atoms with Crippen molar-refractivity contribution in [1.29, 1.82) is 0 Å². The van der Waals surface area contributed by atoms with Crippen molar-refractivity contribution in [2.45, 2.75) is 26.4 Å². The number of benzene rings is 2. The van der Waals surface area contributed by atoms with E-state index in [4.69, 9.17) is 4.74 Å². The second-order valence-corrected chi connectivity index (χ2v) is 7.97. The van der Waals surface area contributed by atoms with Gasteiger partial charge in [0.15, 0.2) is 0 Å². The number of anilines is 1. The van der Waals surface area contributed by atoms with Crippen molar-refractivity contribution in [3.63, 3.8) is 0 Å². The second-order valence-electron chi connectivity index (χ2n) is 7.97. The zero-order valence-electron chi connectivity index (χ0n) is 18.8. The number of nitrogens with one attached hydrogen (secondary N) is 2. The van der Waals surface area contributed by atoms with Crippen molar-refractivity contribution in [2.75, 3.05) is 18.6 Å². The summed E-state index contributed by atoms with van der Waals surface area (Å²) >= 11 is 0. The quantitative estimate of drug-likeness (QED) is 0.385. The zero-order chi connectivity index (χ0) is 23.4. The highest BCUT2D eigenvalue weighted by molar-refractivity contribution is 5.94. The summed E-state index contributed by atoms with van der Waals surface area (Å²) in [7, 11) is 1.66. The normalized spacial score (nSPS) is 11.8. The van der Waals surface area contributed by atoms with Gasteiger partial charge in [0.2, 0.25) is 6.41 Å². The van der Waals surface area contributed by atoms with Gasteiger partial charge in [0.1, 0.15) is 18.2 Å². The third-order valence-electron chi connectivity index (χ3n) is 5.17. The standard InChI is InChI=1S/C24H26N6O3/c1-16(26-24(32)19-11-25-30(13-19)12-18-7-5-4-6-8-18)14-33-23-10-21-20(27-17(2)28-21)9-22(23)29(3)15-31/h4-11,13,15-16H,12,14H2,1-3H3,(H,26,32)(H,27,28)/t16-/m1/s1. The van der Waals surface area contributed by atoms with Gasteiger partial charge in [-0.3, -0.25) is 14.3 Å². The topological polar surface area (TPSA) is 105 Å². The number of amides is 2. The van der Waals surface area contributed by atoms with Gasteiger partial charge in [-0.1, -0.05) is 30.3 Å². The number of ether oxygens (including phenoxy) is 1. The summed E-state index contributed by atoms with van der Waals surface area (Å²) in [4.78, 5) is 33.0. The van der Waals surface area contributed by atoms with Crippen LogP contribution in [0.15, 0.2) is 54.9 Å². The van der Waals surface area contributed by atoms with Crippen LogP contribution in [0.3, 0.4) is 0 Å². The van der Waals surface area contributed by atoms with Crippen LogP contribution in [-0.2, 0) is 11.3 Å². The Morgan fingerprint density at radius 1 is 1.30 bits per heavy atom. The van der Waals surface area contributed by atoms with Crippen LogP contribution in [0.1, 0.15) is 28.7 Å². The second kappa shape index (κ2) is 9.56. The van der Waals surface area contributed by atoms with Crippen molar-refractivity contribution in [1.82, 2.24) is 25.1 Å². The molecule has 2 heterocycles. The van der Waals surface area contributed by atoms with Gasteiger partial charge in [-0.25, -0.2) is 4.98 Å². The lowest BCUT2D eigenvalue weighted by atomic mass is 10.2. The number of hydrogen-bond donors (Lipinski definition) is 2. The minimum absolute atomic E-state index is 0.221. The van der Waals surface area contributed by atoms with Gasteiger partial charge >= 0.3 is 0 Å². The van der Waals surface area contributed by atoms with Gasteiger partial charge in [-0.15, -0.1) is 0 Å². The molecule has 9 heteroatoms. The fraction of sp³-hybridized carbons (Fsp3) is 0.250. The minimum Gasteiger partial charge on any atom is -0.489 e. The van der Waals surface area contributed by atoms with E-state index < -0.39 is 0 Å². The van der Waals surface area contributed by atoms with Crippen LogP contribution in [-0.4, -0.2) is 51.8 Å². The summed E-state index contributed by atoms with van der Waals surface area (Å²) < 4.78 is 7.70. The number of rotatable bonds is 9. The molecule has 0 spiro atoms. The Morgan fingerprint density at radius 3 is 2.85 bits per heavy atom. The van der Waals surface area contributed by atoms with E-state index in [1.807, 2.05) is 50.2 Å². The highest BCUT2D eigenvalue weighted by Crippen LogP contribution is 2.31. The molecule has 0 fully saturated rings. The number of nitrogens with zero attached hydrogens (tertiary/aromatic N) is 4. The molecular weight excluding hydrogens is 420 g/mol. The molecule has 9 nitrogen and oxygen atoms in total. The Balaban J connectivity index is 1.39. The van der Waals surface area contributed by atoms with E-state index >= 15 is 0 Å². The van der Waals surface area contributed by atoms with Crippen LogP contribution in [0.5, 0.6) is 5.75 Å². The van der Waals surface area contributed by atoms with Gasteiger partial charge < -0.3 is 19.9 Å². The van der Waals surface area contributed by atoms with E-state index in [0.717, 1.165) is 28.8 Å². The van der Waals surface area contributed by atoms with Crippen molar-refractivity contribution in [3.8, 4) is 5.75 Å². The number of aromatic nitrogens is 4. The van der Waals surface area contributed by atoms with Crippen LogP contribution < -0.4 is 15.0 Å². The van der Waals surface area contributed by atoms with Crippen LogP contribution in [0.4, 0.5) is 5.69 Å². The number of hydrogen-bond acceptors (Lipinski definition) is 5. The lowest BCUT2D eigenvalue weighted by molar-refractivity contribution is -0.107. The van der Waals surface area contributed by atoms with Crippen molar-refractivity contribution in [3.05, 3.63) is 71.8 Å². The number of aryl methyl sites for hydroxylation is 1. The molecule has 0 radical (unpaired) electrons. The molecule has 33 heavy (non-hydrogen) atoms. The first-order valence-corrected chi connectivity index (χ1v) is 10.6. The average molecular weight is 447 g/mol. The lowest BCUT2D eigenvalue weighted by Crippen LogP contribution is -2.36. The summed E-state index contributed by atoms with van der Waals surface area (Å²) in [6.45, 7) is 4.53. The van der Waals surface area contributed by atoms with Crippen LogP contribution in [0.2, 0.25) is 0 Å².